The van der Waals surface area contributed by atoms with Crippen LogP contribution in [0.15, 0.2) is 73.1 Å². The normalized spacial score (nSPS) is 10.4. The summed E-state index contributed by atoms with van der Waals surface area (Å²) >= 11 is 0. The Labute approximate surface area is 171 Å². The second-order valence-electron chi connectivity index (χ2n) is 6.93. The molecule has 5 heteroatoms. The van der Waals surface area contributed by atoms with Gasteiger partial charge in [-0.05, 0) is 47.9 Å². The summed E-state index contributed by atoms with van der Waals surface area (Å²) in [7, 11) is 0. The van der Waals surface area contributed by atoms with Crippen LogP contribution in [0.1, 0.15) is 40.4 Å². The van der Waals surface area contributed by atoms with Crippen LogP contribution in [0, 0.1) is 6.92 Å². The molecular formula is C24H25N3O2. The van der Waals surface area contributed by atoms with Crippen molar-refractivity contribution in [1.29, 1.82) is 0 Å². The van der Waals surface area contributed by atoms with E-state index < -0.39 is 0 Å². The molecule has 0 saturated heterocycles. The molecular weight excluding hydrogens is 362 g/mol. The Bertz CT molecular complexity index is 986. The molecule has 3 rings (SSSR count). The van der Waals surface area contributed by atoms with Gasteiger partial charge in [0.05, 0.1) is 0 Å². The van der Waals surface area contributed by atoms with Gasteiger partial charge in [0.2, 0.25) is 5.91 Å². The van der Waals surface area contributed by atoms with Crippen LogP contribution in [0.4, 0.5) is 5.69 Å². The van der Waals surface area contributed by atoms with E-state index in [0.29, 0.717) is 30.8 Å². The van der Waals surface area contributed by atoms with E-state index in [-0.39, 0.29) is 11.8 Å². The van der Waals surface area contributed by atoms with Crippen molar-refractivity contribution in [2.75, 3.05) is 5.32 Å². The van der Waals surface area contributed by atoms with Crippen molar-refractivity contribution in [2.24, 2.45) is 0 Å². The molecule has 1 N–H and O–H groups in total. The number of amides is 2. The largest absolute Gasteiger partial charge is 0.330 e. The fourth-order valence-electron chi connectivity index (χ4n) is 3.07. The summed E-state index contributed by atoms with van der Waals surface area (Å²) in [6, 6.07) is 19.0. The first-order valence-corrected chi connectivity index (χ1v) is 9.69. The van der Waals surface area contributed by atoms with Crippen molar-refractivity contribution in [3.63, 3.8) is 0 Å². The molecule has 0 unspecified atom stereocenters. The maximum atomic E-state index is 13.4. The van der Waals surface area contributed by atoms with Crippen LogP contribution in [-0.4, -0.2) is 21.7 Å². The van der Waals surface area contributed by atoms with Crippen molar-refractivity contribution in [3.8, 4) is 0 Å². The highest BCUT2D eigenvalue weighted by Gasteiger charge is 2.18. The summed E-state index contributed by atoms with van der Waals surface area (Å²) < 4.78 is 0. The Balaban J connectivity index is 1.88. The lowest BCUT2D eigenvalue weighted by Crippen LogP contribution is -2.30. The lowest BCUT2D eigenvalue weighted by atomic mass is 10.1. The van der Waals surface area contributed by atoms with Gasteiger partial charge >= 0.3 is 0 Å². The molecule has 0 aliphatic heterocycles. The molecule has 1 heterocycles. The summed E-state index contributed by atoms with van der Waals surface area (Å²) in [4.78, 5) is 31.0. The minimum atomic E-state index is -0.0929. The first-order valence-electron chi connectivity index (χ1n) is 9.69. The third-order valence-corrected chi connectivity index (χ3v) is 4.72. The number of aryl methyl sites for hydroxylation is 1. The average molecular weight is 387 g/mol. The van der Waals surface area contributed by atoms with Gasteiger partial charge < -0.3 is 10.2 Å². The number of carbonyl (C=O) groups excluding carboxylic acids is 2. The van der Waals surface area contributed by atoms with Crippen molar-refractivity contribution in [1.82, 2.24) is 9.88 Å². The highest BCUT2D eigenvalue weighted by Crippen LogP contribution is 2.18. The van der Waals surface area contributed by atoms with Gasteiger partial charge in [0.15, 0.2) is 0 Å². The topological polar surface area (TPSA) is 62.3 Å². The second kappa shape index (κ2) is 9.64. The van der Waals surface area contributed by atoms with Crippen molar-refractivity contribution in [3.05, 3.63) is 95.3 Å². The molecule has 5 nitrogen and oxygen atoms in total. The molecule has 0 bridgehead atoms. The van der Waals surface area contributed by atoms with Gasteiger partial charge in [-0.2, -0.15) is 0 Å². The van der Waals surface area contributed by atoms with E-state index in [0.717, 1.165) is 16.7 Å². The molecule has 0 aliphatic carbocycles. The summed E-state index contributed by atoms with van der Waals surface area (Å²) in [6.45, 7) is 4.78. The van der Waals surface area contributed by atoms with E-state index in [1.807, 2.05) is 43.3 Å². The molecule has 0 spiro atoms. The minimum absolute atomic E-state index is 0.0817. The van der Waals surface area contributed by atoms with E-state index >= 15 is 0 Å². The summed E-state index contributed by atoms with van der Waals surface area (Å²) in [6.07, 6.45) is 3.88. The van der Waals surface area contributed by atoms with E-state index in [4.69, 9.17) is 0 Å². The van der Waals surface area contributed by atoms with Crippen molar-refractivity contribution in [2.45, 2.75) is 33.4 Å². The SMILES string of the molecule is CCC(=O)Nc1cccc(C(=O)N(Cc2cccnc2)Cc2ccccc2C)c1. The van der Waals surface area contributed by atoms with Crippen LogP contribution in [0.3, 0.4) is 0 Å². The fourth-order valence-corrected chi connectivity index (χ4v) is 3.07. The maximum absolute atomic E-state index is 13.4. The lowest BCUT2D eigenvalue weighted by Gasteiger charge is -2.24. The van der Waals surface area contributed by atoms with Crippen LogP contribution in [0.2, 0.25) is 0 Å². The lowest BCUT2D eigenvalue weighted by molar-refractivity contribution is -0.115. The number of hydrogen-bond acceptors (Lipinski definition) is 3. The third kappa shape index (κ3) is 5.51. The Morgan fingerprint density at radius 2 is 1.83 bits per heavy atom. The predicted octanol–water partition coefficient (Wildman–Crippen LogP) is 4.58. The van der Waals surface area contributed by atoms with Gasteiger partial charge in [0.25, 0.3) is 5.91 Å². The van der Waals surface area contributed by atoms with E-state index in [2.05, 4.69) is 10.3 Å². The Hall–Kier alpha value is -3.47. The van der Waals surface area contributed by atoms with Crippen molar-refractivity contribution < 1.29 is 9.59 Å². The highest BCUT2D eigenvalue weighted by molar-refractivity contribution is 5.97. The molecule has 0 aliphatic rings. The highest BCUT2D eigenvalue weighted by atomic mass is 16.2. The summed E-state index contributed by atoms with van der Waals surface area (Å²) in [5.74, 6) is -0.175. The van der Waals surface area contributed by atoms with Gasteiger partial charge in [0, 0.05) is 43.2 Å². The summed E-state index contributed by atoms with van der Waals surface area (Å²) in [5.41, 5.74) is 4.36. The summed E-state index contributed by atoms with van der Waals surface area (Å²) in [5, 5.41) is 2.81. The molecule has 1 aromatic heterocycles. The van der Waals surface area contributed by atoms with Gasteiger partial charge in [-0.25, -0.2) is 0 Å². The zero-order chi connectivity index (χ0) is 20.6. The van der Waals surface area contributed by atoms with E-state index in [1.54, 1.807) is 48.5 Å². The number of anilines is 1. The van der Waals surface area contributed by atoms with Crippen LogP contribution in [0.5, 0.6) is 0 Å². The van der Waals surface area contributed by atoms with E-state index in [9.17, 15) is 9.59 Å². The Morgan fingerprint density at radius 3 is 2.55 bits per heavy atom. The van der Waals surface area contributed by atoms with Crippen LogP contribution < -0.4 is 5.32 Å². The fraction of sp³-hybridized carbons (Fsp3) is 0.208. The van der Waals surface area contributed by atoms with Crippen LogP contribution in [-0.2, 0) is 17.9 Å². The quantitative estimate of drug-likeness (QED) is 0.645. The third-order valence-electron chi connectivity index (χ3n) is 4.72. The number of nitrogens with zero attached hydrogens (tertiary/aromatic N) is 2. The molecule has 0 atom stereocenters. The van der Waals surface area contributed by atoms with Gasteiger partial charge in [-0.3, -0.25) is 14.6 Å². The molecule has 0 saturated carbocycles. The number of aromatic nitrogens is 1. The molecule has 0 fully saturated rings. The van der Waals surface area contributed by atoms with Gasteiger partial charge in [-0.15, -0.1) is 0 Å². The van der Waals surface area contributed by atoms with Crippen molar-refractivity contribution >= 4 is 17.5 Å². The molecule has 2 amide bonds. The standard InChI is InChI=1S/C24H25N3O2/c1-3-23(28)26-22-12-6-11-20(14-22)24(29)27(16-19-9-7-13-25-15-19)17-21-10-5-4-8-18(21)2/h4-15H,3,16-17H2,1-2H3,(H,26,28). The van der Waals surface area contributed by atoms with Crippen LogP contribution >= 0.6 is 0 Å². The zero-order valence-corrected chi connectivity index (χ0v) is 16.8. The number of pyridine rings is 1. The van der Waals surface area contributed by atoms with Gasteiger partial charge in [-0.1, -0.05) is 43.3 Å². The van der Waals surface area contributed by atoms with Gasteiger partial charge in [0.1, 0.15) is 0 Å². The average Bonchev–Trinajstić information content (AvgIpc) is 2.75. The number of nitrogens with one attached hydrogen (secondary N) is 1. The number of benzene rings is 2. The van der Waals surface area contributed by atoms with Crippen LogP contribution in [0.25, 0.3) is 0 Å². The molecule has 3 aromatic rings. The first-order chi connectivity index (χ1) is 14.1. The molecule has 2 aromatic carbocycles. The molecule has 29 heavy (non-hydrogen) atoms. The van der Waals surface area contributed by atoms with E-state index in [1.165, 1.54) is 0 Å². The smallest absolute Gasteiger partial charge is 0.254 e. The Kier molecular flexibility index (Phi) is 6.74. The Morgan fingerprint density at radius 1 is 1.00 bits per heavy atom. The molecule has 0 radical (unpaired) electrons. The number of rotatable bonds is 7. The zero-order valence-electron chi connectivity index (χ0n) is 16.8. The molecule has 148 valence electrons. The predicted molar refractivity (Wildman–Crippen MR) is 114 cm³/mol. The second-order valence-corrected chi connectivity index (χ2v) is 6.93. The number of carbonyl (C=O) groups is 2. The minimum Gasteiger partial charge on any atom is -0.330 e. The first kappa shape index (κ1) is 20.3. The number of hydrogen-bond donors (Lipinski definition) is 1. The monoisotopic (exact) mass is 387 g/mol. The maximum Gasteiger partial charge on any atom is 0.254 e.